The van der Waals surface area contributed by atoms with Gasteiger partial charge in [0.1, 0.15) is 23.5 Å². The third-order valence-electron chi connectivity index (χ3n) is 3.25. The van der Waals surface area contributed by atoms with Crippen molar-refractivity contribution in [2.45, 2.75) is 18.8 Å². The van der Waals surface area contributed by atoms with Crippen molar-refractivity contribution in [2.24, 2.45) is 0 Å². The predicted molar refractivity (Wildman–Crippen MR) is 93.1 cm³/mol. The molecule has 0 heterocycles. The molecule has 4 nitrogen and oxygen atoms in total. The number of nitrogens with one attached hydrogen (secondary N) is 1. The van der Waals surface area contributed by atoms with Crippen LogP contribution in [0.2, 0.25) is 0 Å². The number of benzene rings is 2. The van der Waals surface area contributed by atoms with Crippen LogP contribution in [0.1, 0.15) is 12.5 Å². The number of carbonyl (C=O) groups is 2. The fourth-order valence-corrected chi connectivity index (χ4v) is 2.56. The average molecular weight is 365 g/mol. The highest BCUT2D eigenvalue weighted by atomic mass is 32.2. The highest BCUT2D eigenvalue weighted by molar-refractivity contribution is 8.01. The van der Waals surface area contributed by atoms with Gasteiger partial charge in [-0.15, -0.1) is 11.8 Å². The van der Waals surface area contributed by atoms with E-state index in [1.165, 1.54) is 36.4 Å². The van der Waals surface area contributed by atoms with Crippen molar-refractivity contribution in [1.82, 2.24) is 0 Å². The van der Waals surface area contributed by atoms with Crippen molar-refractivity contribution in [1.29, 1.82) is 0 Å². The molecule has 132 valence electrons. The SMILES string of the molecule is CC(SCC(=O)Nc1ccc(F)cc1)C(=O)OCc1ccccc1F. The lowest BCUT2D eigenvalue weighted by Crippen LogP contribution is -2.21. The van der Waals surface area contributed by atoms with E-state index < -0.39 is 22.9 Å². The van der Waals surface area contributed by atoms with Crippen LogP contribution in [0.15, 0.2) is 48.5 Å². The highest BCUT2D eigenvalue weighted by Gasteiger charge is 2.17. The lowest BCUT2D eigenvalue weighted by Gasteiger charge is -2.12. The van der Waals surface area contributed by atoms with Gasteiger partial charge in [0.2, 0.25) is 5.91 Å². The van der Waals surface area contributed by atoms with Gasteiger partial charge in [-0.05, 0) is 37.3 Å². The first-order chi connectivity index (χ1) is 12.0. The van der Waals surface area contributed by atoms with Gasteiger partial charge in [0.05, 0.1) is 5.75 Å². The van der Waals surface area contributed by atoms with Crippen LogP contribution >= 0.6 is 11.8 Å². The van der Waals surface area contributed by atoms with Gasteiger partial charge in [0.25, 0.3) is 0 Å². The van der Waals surface area contributed by atoms with Crippen LogP contribution in [-0.2, 0) is 20.9 Å². The summed E-state index contributed by atoms with van der Waals surface area (Å²) in [6.45, 7) is 1.46. The maximum Gasteiger partial charge on any atom is 0.319 e. The van der Waals surface area contributed by atoms with Gasteiger partial charge in [0, 0.05) is 11.3 Å². The van der Waals surface area contributed by atoms with Crippen molar-refractivity contribution in [2.75, 3.05) is 11.1 Å². The fraction of sp³-hybridized carbons (Fsp3) is 0.222. The second-order valence-electron chi connectivity index (χ2n) is 5.21. The molecule has 0 saturated carbocycles. The van der Waals surface area contributed by atoms with Gasteiger partial charge in [-0.2, -0.15) is 0 Å². The minimum Gasteiger partial charge on any atom is -0.460 e. The Morgan fingerprint density at radius 2 is 1.80 bits per heavy atom. The lowest BCUT2D eigenvalue weighted by atomic mass is 10.2. The molecule has 0 spiro atoms. The van der Waals surface area contributed by atoms with Gasteiger partial charge in [-0.1, -0.05) is 18.2 Å². The zero-order valence-corrected chi connectivity index (χ0v) is 14.3. The Morgan fingerprint density at radius 1 is 1.12 bits per heavy atom. The minimum atomic E-state index is -0.578. The minimum absolute atomic E-state index is 0.0351. The molecule has 1 amide bonds. The van der Waals surface area contributed by atoms with E-state index in [0.717, 1.165) is 11.8 Å². The topological polar surface area (TPSA) is 55.4 Å². The maximum absolute atomic E-state index is 13.5. The molecule has 2 aromatic rings. The highest BCUT2D eigenvalue weighted by Crippen LogP contribution is 2.15. The summed E-state index contributed by atoms with van der Waals surface area (Å²) >= 11 is 1.10. The standard InChI is InChI=1S/C18H17F2NO3S/c1-12(18(23)24-10-13-4-2-3-5-16(13)20)25-11-17(22)21-15-8-6-14(19)7-9-15/h2-9,12H,10-11H2,1H3,(H,21,22). The number of anilines is 1. The number of rotatable bonds is 7. The van der Waals surface area contributed by atoms with E-state index in [2.05, 4.69) is 5.32 Å². The van der Waals surface area contributed by atoms with Gasteiger partial charge in [-0.3, -0.25) is 9.59 Å². The Bertz CT molecular complexity index is 737. The number of ether oxygens (including phenoxy) is 1. The first-order valence-corrected chi connectivity index (χ1v) is 8.57. The number of hydrogen-bond acceptors (Lipinski definition) is 4. The molecule has 0 aliphatic heterocycles. The third-order valence-corrected chi connectivity index (χ3v) is 4.37. The maximum atomic E-state index is 13.5. The second-order valence-corrected chi connectivity index (χ2v) is 6.54. The second kappa shape index (κ2) is 9.17. The average Bonchev–Trinajstić information content (AvgIpc) is 2.60. The van der Waals surface area contributed by atoms with E-state index in [-0.39, 0.29) is 18.3 Å². The summed E-state index contributed by atoms with van der Waals surface area (Å²) in [6.07, 6.45) is 0. The molecular weight excluding hydrogens is 348 g/mol. The Balaban J connectivity index is 1.74. The smallest absolute Gasteiger partial charge is 0.319 e. The molecule has 0 radical (unpaired) electrons. The lowest BCUT2D eigenvalue weighted by molar-refractivity contribution is -0.144. The van der Waals surface area contributed by atoms with Crippen molar-refractivity contribution < 1.29 is 23.1 Å². The number of carbonyl (C=O) groups excluding carboxylic acids is 2. The molecule has 1 N–H and O–H groups in total. The van der Waals surface area contributed by atoms with Crippen molar-refractivity contribution >= 4 is 29.3 Å². The molecule has 0 aromatic heterocycles. The Hall–Kier alpha value is -2.41. The predicted octanol–water partition coefficient (Wildman–Crippen LogP) is 3.77. The van der Waals surface area contributed by atoms with Crippen LogP contribution in [0.25, 0.3) is 0 Å². The van der Waals surface area contributed by atoms with Gasteiger partial charge in [-0.25, -0.2) is 8.78 Å². The van der Waals surface area contributed by atoms with E-state index in [1.807, 2.05) is 0 Å². The Kier molecular flexibility index (Phi) is 6.94. The van der Waals surface area contributed by atoms with Crippen LogP contribution in [-0.4, -0.2) is 22.9 Å². The van der Waals surface area contributed by atoms with Crippen LogP contribution in [0.3, 0.4) is 0 Å². The van der Waals surface area contributed by atoms with E-state index in [4.69, 9.17) is 4.74 Å². The van der Waals surface area contributed by atoms with E-state index >= 15 is 0 Å². The summed E-state index contributed by atoms with van der Waals surface area (Å²) in [7, 11) is 0. The monoisotopic (exact) mass is 365 g/mol. The molecule has 2 aromatic carbocycles. The zero-order chi connectivity index (χ0) is 18.2. The Morgan fingerprint density at radius 3 is 2.48 bits per heavy atom. The molecule has 2 rings (SSSR count). The summed E-state index contributed by atoms with van der Waals surface area (Å²) in [6, 6.07) is 11.4. The molecule has 1 atom stereocenters. The number of thioether (sulfide) groups is 1. The first kappa shape index (κ1) is 18.9. The van der Waals surface area contributed by atoms with E-state index in [9.17, 15) is 18.4 Å². The molecule has 0 aliphatic carbocycles. The molecule has 0 saturated heterocycles. The van der Waals surface area contributed by atoms with Crippen LogP contribution in [0.4, 0.5) is 14.5 Å². The summed E-state index contributed by atoms with van der Waals surface area (Å²) in [5, 5.41) is 2.02. The molecule has 0 aliphatic rings. The van der Waals surface area contributed by atoms with Gasteiger partial charge >= 0.3 is 5.97 Å². The van der Waals surface area contributed by atoms with Crippen LogP contribution < -0.4 is 5.32 Å². The molecule has 1 unspecified atom stereocenters. The third kappa shape index (κ3) is 6.19. The summed E-state index contributed by atoms with van der Waals surface area (Å²) < 4.78 is 31.3. The van der Waals surface area contributed by atoms with Crippen LogP contribution in [0.5, 0.6) is 0 Å². The van der Waals surface area contributed by atoms with Gasteiger partial charge < -0.3 is 10.1 Å². The zero-order valence-electron chi connectivity index (χ0n) is 13.5. The quantitative estimate of drug-likeness (QED) is 0.759. The summed E-state index contributed by atoms with van der Waals surface area (Å²) in [4.78, 5) is 23.7. The molecule has 0 bridgehead atoms. The molecule has 0 fully saturated rings. The number of esters is 1. The van der Waals surface area contributed by atoms with Crippen molar-refractivity contribution in [3.63, 3.8) is 0 Å². The fourth-order valence-electron chi connectivity index (χ4n) is 1.88. The molecular formula is C18H17F2NO3S. The summed E-state index contributed by atoms with van der Waals surface area (Å²) in [5.41, 5.74) is 0.767. The van der Waals surface area contributed by atoms with Crippen LogP contribution in [0, 0.1) is 11.6 Å². The molecule has 7 heteroatoms. The van der Waals surface area contributed by atoms with E-state index in [0.29, 0.717) is 11.3 Å². The summed E-state index contributed by atoms with van der Waals surface area (Å²) in [5.74, 6) is -1.63. The van der Waals surface area contributed by atoms with Crippen molar-refractivity contribution in [3.05, 3.63) is 65.7 Å². The van der Waals surface area contributed by atoms with Crippen molar-refractivity contribution in [3.8, 4) is 0 Å². The Labute approximate surface area is 148 Å². The normalized spacial score (nSPS) is 11.6. The largest absolute Gasteiger partial charge is 0.460 e. The number of hydrogen-bond donors (Lipinski definition) is 1. The van der Waals surface area contributed by atoms with E-state index in [1.54, 1.807) is 19.1 Å². The first-order valence-electron chi connectivity index (χ1n) is 7.53. The van der Waals surface area contributed by atoms with Gasteiger partial charge in [0.15, 0.2) is 0 Å². The molecule has 25 heavy (non-hydrogen) atoms. The number of halogens is 2. The number of amides is 1.